The molecule has 1 amide bonds. The van der Waals surface area contributed by atoms with Gasteiger partial charge in [-0.2, -0.15) is 0 Å². The number of hydrogen-bond acceptors (Lipinski definition) is 4. The topological polar surface area (TPSA) is 86.6 Å². The first-order valence-electron chi connectivity index (χ1n) is 7.99. The van der Waals surface area contributed by atoms with Crippen LogP contribution in [0.2, 0.25) is 0 Å². The number of fused-ring (bicyclic) bond motifs is 1. The van der Waals surface area contributed by atoms with Crippen LogP contribution in [0, 0.1) is 5.92 Å². The summed E-state index contributed by atoms with van der Waals surface area (Å²) in [4.78, 5) is 25.1. The Labute approximate surface area is 136 Å². The maximum Gasteiger partial charge on any atom is 0.255 e. The molecular formula is C18H23NO4. The summed E-state index contributed by atoms with van der Waals surface area (Å²) in [6, 6.07) is 2.60. The highest BCUT2D eigenvalue weighted by molar-refractivity contribution is 6.34. The van der Waals surface area contributed by atoms with E-state index in [0.717, 1.165) is 12.8 Å². The normalized spacial score (nSPS) is 13.7. The van der Waals surface area contributed by atoms with Gasteiger partial charge >= 0.3 is 0 Å². The third kappa shape index (κ3) is 3.38. The largest absolute Gasteiger partial charge is 0.504 e. The van der Waals surface area contributed by atoms with Gasteiger partial charge in [-0.25, -0.2) is 0 Å². The van der Waals surface area contributed by atoms with Crippen molar-refractivity contribution in [2.75, 3.05) is 6.54 Å². The number of rotatable bonds is 6. The molecule has 124 valence electrons. The van der Waals surface area contributed by atoms with Crippen molar-refractivity contribution in [3.63, 3.8) is 0 Å². The number of phenolic OH excluding ortho intramolecular Hbond substituents is 2. The number of amides is 1. The summed E-state index contributed by atoms with van der Waals surface area (Å²) in [6.45, 7) is 6.55. The number of benzene rings is 1. The molecular weight excluding hydrogens is 294 g/mol. The smallest absolute Gasteiger partial charge is 0.255 e. The Balaban J connectivity index is 2.45. The number of carbonyl (C=O) groups is 2. The molecule has 3 N–H and O–H groups in total. The number of phenols is 2. The third-order valence-corrected chi connectivity index (χ3v) is 3.87. The van der Waals surface area contributed by atoms with Crippen molar-refractivity contribution in [2.45, 2.75) is 40.0 Å². The van der Waals surface area contributed by atoms with E-state index in [1.807, 2.05) is 20.8 Å². The molecule has 1 aliphatic rings. The van der Waals surface area contributed by atoms with Crippen LogP contribution in [0.4, 0.5) is 0 Å². The van der Waals surface area contributed by atoms with Crippen LogP contribution in [0.25, 0.3) is 5.57 Å². The van der Waals surface area contributed by atoms with E-state index in [0.29, 0.717) is 24.1 Å². The van der Waals surface area contributed by atoms with E-state index in [4.69, 9.17) is 0 Å². The summed E-state index contributed by atoms with van der Waals surface area (Å²) in [5, 5.41) is 22.2. The van der Waals surface area contributed by atoms with Crippen molar-refractivity contribution >= 4 is 17.3 Å². The number of unbranched alkanes of at least 4 members (excludes halogenated alkanes) is 1. The zero-order valence-electron chi connectivity index (χ0n) is 13.8. The highest BCUT2D eigenvalue weighted by Gasteiger charge is 2.34. The molecule has 0 aromatic heterocycles. The van der Waals surface area contributed by atoms with Gasteiger partial charge in [0.25, 0.3) is 5.91 Å². The van der Waals surface area contributed by atoms with Gasteiger partial charge in [0.05, 0.1) is 5.57 Å². The van der Waals surface area contributed by atoms with Crippen molar-refractivity contribution < 1.29 is 19.8 Å². The Kier molecular flexibility index (Phi) is 5.08. The van der Waals surface area contributed by atoms with Crippen LogP contribution in [0.3, 0.4) is 0 Å². The molecule has 0 atom stereocenters. The average Bonchev–Trinajstić information content (AvgIpc) is 2.72. The predicted octanol–water partition coefficient (Wildman–Crippen LogP) is 3.01. The minimum atomic E-state index is -0.389. The summed E-state index contributed by atoms with van der Waals surface area (Å²) in [5.41, 5.74) is 1.59. The third-order valence-electron chi connectivity index (χ3n) is 3.87. The zero-order valence-corrected chi connectivity index (χ0v) is 13.8. The fourth-order valence-corrected chi connectivity index (χ4v) is 2.75. The van der Waals surface area contributed by atoms with Crippen LogP contribution in [0.1, 0.15) is 56.0 Å². The molecule has 0 saturated carbocycles. The maximum atomic E-state index is 12.6. The van der Waals surface area contributed by atoms with Gasteiger partial charge in [0.15, 0.2) is 17.3 Å². The molecule has 0 bridgehead atoms. The highest BCUT2D eigenvalue weighted by atomic mass is 16.3. The molecule has 5 heteroatoms. The molecule has 0 heterocycles. The first-order chi connectivity index (χ1) is 10.9. The number of carbonyl (C=O) groups excluding carboxylic acids is 2. The fourth-order valence-electron chi connectivity index (χ4n) is 2.75. The monoisotopic (exact) mass is 317 g/mol. The molecule has 0 saturated heterocycles. The molecule has 1 aliphatic carbocycles. The second kappa shape index (κ2) is 6.86. The summed E-state index contributed by atoms with van der Waals surface area (Å²) in [5.74, 6) is -1.16. The first-order valence-corrected chi connectivity index (χ1v) is 7.99. The van der Waals surface area contributed by atoms with E-state index in [-0.39, 0.29) is 40.2 Å². The lowest BCUT2D eigenvalue weighted by atomic mass is 9.95. The summed E-state index contributed by atoms with van der Waals surface area (Å²) in [7, 11) is 0. The Morgan fingerprint density at radius 1 is 1.17 bits per heavy atom. The summed E-state index contributed by atoms with van der Waals surface area (Å²) < 4.78 is 0. The summed E-state index contributed by atoms with van der Waals surface area (Å²) in [6.07, 6.45) is 2.36. The molecule has 1 aromatic carbocycles. The van der Waals surface area contributed by atoms with Crippen LogP contribution in [-0.4, -0.2) is 28.4 Å². The number of Topliss-reactive ketones (excluding diaryl/α,β-unsaturated/α-hetero) is 1. The Morgan fingerprint density at radius 2 is 1.78 bits per heavy atom. The lowest BCUT2D eigenvalue weighted by molar-refractivity contribution is -0.117. The summed E-state index contributed by atoms with van der Waals surface area (Å²) >= 11 is 0. The molecule has 1 aromatic rings. The van der Waals surface area contributed by atoms with E-state index in [2.05, 4.69) is 5.32 Å². The Bertz CT molecular complexity index is 674. The predicted molar refractivity (Wildman–Crippen MR) is 88.4 cm³/mol. The van der Waals surface area contributed by atoms with Crippen molar-refractivity contribution in [2.24, 2.45) is 5.92 Å². The van der Waals surface area contributed by atoms with Crippen LogP contribution in [0.5, 0.6) is 11.5 Å². The van der Waals surface area contributed by atoms with Crippen LogP contribution in [0.15, 0.2) is 17.7 Å². The molecule has 0 aliphatic heterocycles. The number of ketones is 1. The van der Waals surface area contributed by atoms with Crippen LogP contribution >= 0.6 is 0 Å². The van der Waals surface area contributed by atoms with E-state index < -0.39 is 0 Å². The molecule has 0 spiro atoms. The molecule has 0 fully saturated rings. The van der Waals surface area contributed by atoms with Gasteiger partial charge in [-0.1, -0.05) is 27.2 Å². The highest BCUT2D eigenvalue weighted by Crippen LogP contribution is 2.41. The van der Waals surface area contributed by atoms with Crippen LogP contribution in [-0.2, 0) is 4.79 Å². The quantitative estimate of drug-likeness (QED) is 0.427. The average molecular weight is 317 g/mol. The van der Waals surface area contributed by atoms with E-state index >= 15 is 0 Å². The molecule has 0 radical (unpaired) electrons. The van der Waals surface area contributed by atoms with Crippen molar-refractivity contribution in [1.29, 1.82) is 0 Å². The standard InChI is InChI=1S/C18H23NO4/c1-4-5-6-19-18(23)16-12(7-10(2)3)11-8-14(20)15(21)9-13(11)17(16)22/h8-10,20-21H,4-7H2,1-3H3,(H,19,23). The minimum absolute atomic E-state index is 0.134. The molecule has 5 nitrogen and oxygen atoms in total. The molecule has 2 rings (SSSR count). The van der Waals surface area contributed by atoms with E-state index in [9.17, 15) is 19.8 Å². The molecule has 23 heavy (non-hydrogen) atoms. The van der Waals surface area contributed by atoms with Gasteiger partial charge in [-0.05, 0) is 42.0 Å². The second-order valence-electron chi connectivity index (χ2n) is 6.28. The van der Waals surface area contributed by atoms with Gasteiger partial charge in [0.1, 0.15) is 0 Å². The lowest BCUT2D eigenvalue weighted by Crippen LogP contribution is -2.28. The number of aromatic hydroxyl groups is 2. The van der Waals surface area contributed by atoms with Gasteiger partial charge in [0, 0.05) is 12.1 Å². The maximum absolute atomic E-state index is 12.6. The first kappa shape index (κ1) is 17.1. The number of hydrogen-bond donors (Lipinski definition) is 3. The Hall–Kier alpha value is -2.30. The van der Waals surface area contributed by atoms with Gasteiger partial charge < -0.3 is 15.5 Å². The van der Waals surface area contributed by atoms with Crippen molar-refractivity contribution in [1.82, 2.24) is 5.32 Å². The fraction of sp³-hybridized carbons (Fsp3) is 0.444. The van der Waals surface area contributed by atoms with E-state index in [1.54, 1.807) is 0 Å². The van der Waals surface area contributed by atoms with Crippen molar-refractivity contribution in [3.05, 3.63) is 28.8 Å². The van der Waals surface area contributed by atoms with Crippen LogP contribution < -0.4 is 5.32 Å². The van der Waals surface area contributed by atoms with Gasteiger partial charge in [-0.3, -0.25) is 9.59 Å². The lowest BCUT2D eigenvalue weighted by Gasteiger charge is -2.11. The van der Waals surface area contributed by atoms with Crippen molar-refractivity contribution in [3.8, 4) is 11.5 Å². The van der Waals surface area contributed by atoms with Gasteiger partial charge in [-0.15, -0.1) is 0 Å². The zero-order chi connectivity index (χ0) is 17.1. The van der Waals surface area contributed by atoms with Gasteiger partial charge in [0.2, 0.25) is 0 Å². The number of nitrogens with one attached hydrogen (secondary N) is 1. The number of allylic oxidation sites excluding steroid dienone is 1. The van der Waals surface area contributed by atoms with E-state index in [1.165, 1.54) is 12.1 Å². The molecule has 0 unspecified atom stereocenters. The minimum Gasteiger partial charge on any atom is -0.504 e. The second-order valence-corrected chi connectivity index (χ2v) is 6.28. The SMILES string of the molecule is CCCCNC(=O)C1=C(CC(C)C)c2cc(O)c(O)cc2C1=O. The Morgan fingerprint density at radius 3 is 2.35 bits per heavy atom.